The molecule has 2 heterocycles. The number of halogens is 2. The molecule has 1 fully saturated rings. The lowest BCUT2D eigenvalue weighted by Crippen LogP contribution is -2.40. The van der Waals surface area contributed by atoms with Crippen molar-refractivity contribution < 1.29 is 23.5 Å². The Bertz CT molecular complexity index is 1400. The molecule has 2 amide bonds. The van der Waals surface area contributed by atoms with Crippen molar-refractivity contribution in [1.29, 1.82) is 0 Å². The van der Waals surface area contributed by atoms with E-state index in [1.807, 2.05) is 20.8 Å². The molecule has 3 aromatic rings. The number of carbonyl (C=O) groups is 2. The van der Waals surface area contributed by atoms with E-state index < -0.39 is 11.4 Å². The Hall–Kier alpha value is -3.92. The molecular weight excluding hydrogens is 513 g/mol. The Morgan fingerprint density at radius 2 is 1.87 bits per heavy atom. The van der Waals surface area contributed by atoms with E-state index in [2.05, 4.69) is 20.6 Å². The molecule has 0 radical (unpaired) electrons. The SMILES string of the molecule is COc1cc2ncnc(Nc3ccc(F)c(Cl)c3)c2cc1NC(=O)C=C1CCN(C(=O)OC(C)(C)C)CC1. The van der Waals surface area contributed by atoms with Crippen LogP contribution < -0.4 is 15.4 Å². The number of likely N-dealkylation sites (tertiary alicyclic amines) is 1. The van der Waals surface area contributed by atoms with Gasteiger partial charge in [0.1, 0.15) is 29.3 Å². The summed E-state index contributed by atoms with van der Waals surface area (Å²) < 4.78 is 24.5. The summed E-state index contributed by atoms with van der Waals surface area (Å²) in [5.41, 5.74) is 1.93. The van der Waals surface area contributed by atoms with Crippen molar-refractivity contribution in [2.24, 2.45) is 0 Å². The maximum atomic E-state index is 13.6. The average Bonchev–Trinajstić information content (AvgIpc) is 2.85. The molecular formula is C27H29ClFN5O4. The minimum Gasteiger partial charge on any atom is -0.494 e. The van der Waals surface area contributed by atoms with Gasteiger partial charge in [0.2, 0.25) is 5.91 Å². The van der Waals surface area contributed by atoms with Crippen molar-refractivity contribution in [3.8, 4) is 5.75 Å². The van der Waals surface area contributed by atoms with Crippen LogP contribution in [0.1, 0.15) is 33.6 Å². The lowest BCUT2D eigenvalue weighted by molar-refractivity contribution is -0.112. The first-order valence-electron chi connectivity index (χ1n) is 12.1. The summed E-state index contributed by atoms with van der Waals surface area (Å²) >= 11 is 5.91. The van der Waals surface area contributed by atoms with Gasteiger partial charge in [-0.05, 0) is 57.9 Å². The van der Waals surface area contributed by atoms with Crippen LogP contribution in [-0.2, 0) is 9.53 Å². The van der Waals surface area contributed by atoms with Crippen LogP contribution in [-0.4, -0.2) is 52.7 Å². The highest BCUT2D eigenvalue weighted by molar-refractivity contribution is 6.31. The molecule has 0 bridgehead atoms. The number of hydrogen-bond acceptors (Lipinski definition) is 7. The van der Waals surface area contributed by atoms with Gasteiger partial charge in [0, 0.05) is 36.3 Å². The molecule has 2 N–H and O–H groups in total. The number of amides is 2. The number of nitrogens with one attached hydrogen (secondary N) is 2. The van der Waals surface area contributed by atoms with E-state index in [4.69, 9.17) is 21.1 Å². The van der Waals surface area contributed by atoms with Gasteiger partial charge < -0.3 is 25.0 Å². The third kappa shape index (κ3) is 6.69. The summed E-state index contributed by atoms with van der Waals surface area (Å²) in [6.07, 6.45) is 3.74. The molecule has 0 unspecified atom stereocenters. The molecule has 0 spiro atoms. The molecule has 0 atom stereocenters. The van der Waals surface area contributed by atoms with Gasteiger partial charge in [-0.1, -0.05) is 17.2 Å². The van der Waals surface area contributed by atoms with E-state index >= 15 is 0 Å². The van der Waals surface area contributed by atoms with E-state index in [1.54, 1.807) is 29.2 Å². The fraction of sp³-hybridized carbons (Fsp3) is 0.333. The van der Waals surface area contributed by atoms with Gasteiger partial charge in [-0.15, -0.1) is 0 Å². The number of nitrogens with zero attached hydrogens (tertiary/aromatic N) is 3. The van der Waals surface area contributed by atoms with Gasteiger partial charge in [-0.25, -0.2) is 19.2 Å². The number of ether oxygens (including phenoxy) is 2. The number of hydrogen-bond donors (Lipinski definition) is 2. The maximum absolute atomic E-state index is 13.6. The minimum absolute atomic E-state index is 0.0204. The van der Waals surface area contributed by atoms with Crippen LogP contribution in [0.3, 0.4) is 0 Å². The van der Waals surface area contributed by atoms with Gasteiger partial charge in [0.15, 0.2) is 0 Å². The molecule has 0 aliphatic carbocycles. The molecule has 11 heteroatoms. The zero-order valence-electron chi connectivity index (χ0n) is 21.6. The number of carbonyl (C=O) groups excluding carboxylic acids is 2. The molecule has 1 aliphatic rings. The molecule has 9 nitrogen and oxygen atoms in total. The molecule has 38 heavy (non-hydrogen) atoms. The van der Waals surface area contributed by atoms with Gasteiger partial charge in [0.05, 0.1) is 23.3 Å². The number of aromatic nitrogens is 2. The molecule has 4 rings (SSSR count). The van der Waals surface area contributed by atoms with Crippen molar-refractivity contribution >= 4 is 51.7 Å². The third-order valence-corrected chi connectivity index (χ3v) is 6.08. The molecule has 200 valence electrons. The first kappa shape index (κ1) is 27.1. The Morgan fingerprint density at radius 3 is 2.53 bits per heavy atom. The third-order valence-electron chi connectivity index (χ3n) is 5.79. The number of piperidine rings is 1. The lowest BCUT2D eigenvalue weighted by Gasteiger charge is -2.30. The van der Waals surface area contributed by atoms with Gasteiger partial charge in [-0.3, -0.25) is 4.79 Å². The van der Waals surface area contributed by atoms with Crippen molar-refractivity contribution in [2.75, 3.05) is 30.8 Å². The molecule has 1 aromatic heterocycles. The lowest BCUT2D eigenvalue weighted by atomic mass is 10.0. The van der Waals surface area contributed by atoms with Crippen molar-refractivity contribution in [3.05, 3.63) is 59.1 Å². The second-order valence-corrected chi connectivity index (χ2v) is 10.2. The fourth-order valence-electron chi connectivity index (χ4n) is 3.96. The summed E-state index contributed by atoms with van der Waals surface area (Å²) in [4.78, 5) is 35.4. The molecule has 2 aromatic carbocycles. The van der Waals surface area contributed by atoms with Crippen LogP contribution in [0.25, 0.3) is 10.9 Å². The zero-order chi connectivity index (χ0) is 27.4. The predicted octanol–water partition coefficient (Wildman–Crippen LogP) is 6.07. The quantitative estimate of drug-likeness (QED) is 0.377. The largest absolute Gasteiger partial charge is 0.494 e. The summed E-state index contributed by atoms with van der Waals surface area (Å²) in [6, 6.07) is 7.66. The average molecular weight is 542 g/mol. The van der Waals surface area contributed by atoms with Crippen molar-refractivity contribution in [2.45, 2.75) is 39.2 Å². The van der Waals surface area contributed by atoms with Gasteiger partial charge >= 0.3 is 6.09 Å². The molecule has 1 aliphatic heterocycles. The van der Waals surface area contributed by atoms with Gasteiger partial charge in [0.25, 0.3) is 0 Å². The number of rotatable bonds is 5. The monoisotopic (exact) mass is 541 g/mol. The first-order valence-corrected chi connectivity index (χ1v) is 12.4. The number of anilines is 3. The molecule has 1 saturated heterocycles. The van der Waals surface area contributed by atoms with E-state index in [1.165, 1.54) is 25.6 Å². The Kier molecular flexibility index (Phi) is 8.01. The predicted molar refractivity (Wildman–Crippen MR) is 145 cm³/mol. The number of benzene rings is 2. The van der Waals surface area contributed by atoms with E-state index in [0.717, 1.165) is 5.57 Å². The summed E-state index contributed by atoms with van der Waals surface area (Å²) in [6.45, 7) is 6.44. The number of fused-ring (bicyclic) bond motifs is 1. The maximum Gasteiger partial charge on any atom is 0.410 e. The first-order chi connectivity index (χ1) is 18.0. The highest BCUT2D eigenvalue weighted by Crippen LogP contribution is 2.34. The number of methoxy groups -OCH3 is 1. The fourth-order valence-corrected chi connectivity index (χ4v) is 4.14. The van der Waals surface area contributed by atoms with Gasteiger partial charge in [-0.2, -0.15) is 0 Å². The van der Waals surface area contributed by atoms with E-state index in [0.29, 0.717) is 59.8 Å². The van der Waals surface area contributed by atoms with Crippen LogP contribution in [0.2, 0.25) is 5.02 Å². The normalized spacial score (nSPS) is 13.7. The van der Waals surface area contributed by atoms with Crippen LogP contribution in [0, 0.1) is 5.82 Å². The highest BCUT2D eigenvalue weighted by atomic mass is 35.5. The zero-order valence-corrected chi connectivity index (χ0v) is 22.4. The second kappa shape index (κ2) is 11.2. The van der Waals surface area contributed by atoms with E-state index in [9.17, 15) is 14.0 Å². The van der Waals surface area contributed by atoms with Crippen molar-refractivity contribution in [1.82, 2.24) is 14.9 Å². The standard InChI is InChI=1S/C27H29ClFN5O4/c1-27(2,3)38-26(36)34-9-7-16(8-10-34)11-24(35)33-22-13-18-21(14-23(22)37-4)30-15-31-25(18)32-17-5-6-20(29)19(28)12-17/h5-6,11-15H,7-10H2,1-4H3,(H,33,35)(H,30,31,32). The summed E-state index contributed by atoms with van der Waals surface area (Å²) in [5.74, 6) is 0.0337. The summed E-state index contributed by atoms with van der Waals surface area (Å²) in [5, 5.41) is 6.58. The molecule has 0 saturated carbocycles. The minimum atomic E-state index is -0.557. The van der Waals surface area contributed by atoms with E-state index in [-0.39, 0.29) is 17.0 Å². The van der Waals surface area contributed by atoms with Crippen LogP contribution in [0.4, 0.5) is 26.4 Å². The van der Waals surface area contributed by atoms with Crippen molar-refractivity contribution in [3.63, 3.8) is 0 Å². The summed E-state index contributed by atoms with van der Waals surface area (Å²) in [7, 11) is 1.50. The second-order valence-electron chi connectivity index (χ2n) is 9.81. The Labute approximate surface area is 225 Å². The highest BCUT2D eigenvalue weighted by Gasteiger charge is 2.25. The van der Waals surface area contributed by atoms with Crippen LogP contribution >= 0.6 is 11.6 Å². The Morgan fingerprint density at radius 1 is 1.13 bits per heavy atom. The Balaban J connectivity index is 1.50. The smallest absolute Gasteiger partial charge is 0.410 e. The van der Waals surface area contributed by atoms with Crippen LogP contribution in [0.5, 0.6) is 5.75 Å². The van der Waals surface area contributed by atoms with Crippen LogP contribution in [0.15, 0.2) is 48.3 Å². The topological polar surface area (TPSA) is 106 Å².